The summed E-state index contributed by atoms with van der Waals surface area (Å²) in [5.74, 6) is 0.868. The number of alkyl halides is 2. The zero-order valence-corrected chi connectivity index (χ0v) is 15.7. The number of nitrogens with one attached hydrogen (secondary N) is 1. The molecule has 0 spiro atoms. The third kappa shape index (κ3) is 3.83. The predicted molar refractivity (Wildman–Crippen MR) is 97.0 cm³/mol. The van der Waals surface area contributed by atoms with Gasteiger partial charge in [-0.1, -0.05) is 0 Å². The lowest BCUT2D eigenvalue weighted by molar-refractivity contribution is -0.0497. The normalized spacial score (nSPS) is 15.1. The quantitative estimate of drug-likeness (QED) is 0.697. The van der Waals surface area contributed by atoms with E-state index in [0.717, 1.165) is 16.9 Å². The van der Waals surface area contributed by atoms with E-state index in [-0.39, 0.29) is 16.7 Å². The Morgan fingerprint density at radius 3 is 3.04 bits per heavy atom. The van der Waals surface area contributed by atoms with E-state index in [1.807, 2.05) is 6.92 Å². The van der Waals surface area contributed by atoms with Crippen molar-refractivity contribution in [3.8, 4) is 11.5 Å². The fourth-order valence-corrected chi connectivity index (χ4v) is 4.06. The van der Waals surface area contributed by atoms with E-state index < -0.39 is 17.4 Å². The molecule has 2 aromatic heterocycles. The molecule has 3 aromatic rings. The van der Waals surface area contributed by atoms with Gasteiger partial charge in [0, 0.05) is 23.4 Å². The standard InChI is InChI=1S/C18H17F2N3O4S/c1-10-15(21-7-11-8-25-4-5-26-16(10)11)9-28(24)18-22-13-3-2-12(27-17(19)20)6-14(13)23-18/h2-3,6-7,17H,4-5,8-9H2,1H3,(H,22,23). The first kappa shape index (κ1) is 18.8. The molecule has 0 amide bonds. The van der Waals surface area contributed by atoms with Crippen molar-refractivity contribution in [3.63, 3.8) is 0 Å². The molecule has 3 heterocycles. The second kappa shape index (κ2) is 7.80. The van der Waals surface area contributed by atoms with Gasteiger partial charge in [-0.05, 0) is 19.1 Å². The van der Waals surface area contributed by atoms with Gasteiger partial charge in [0.05, 0.1) is 46.5 Å². The second-order valence-corrected chi connectivity index (χ2v) is 7.54. The summed E-state index contributed by atoms with van der Waals surface area (Å²) in [4.78, 5) is 11.6. The number of H-pyrrole nitrogens is 1. The summed E-state index contributed by atoms with van der Waals surface area (Å²) in [6, 6.07) is 4.32. The molecule has 1 aliphatic heterocycles. The Morgan fingerprint density at radius 2 is 2.21 bits per heavy atom. The minimum Gasteiger partial charge on any atom is -0.490 e. The van der Waals surface area contributed by atoms with Crippen molar-refractivity contribution in [2.24, 2.45) is 0 Å². The van der Waals surface area contributed by atoms with Crippen LogP contribution in [0.5, 0.6) is 11.5 Å². The Morgan fingerprint density at radius 1 is 1.36 bits per heavy atom. The molecule has 148 valence electrons. The Hall–Kier alpha value is -2.59. The van der Waals surface area contributed by atoms with E-state index in [9.17, 15) is 13.0 Å². The van der Waals surface area contributed by atoms with E-state index in [1.54, 1.807) is 6.20 Å². The topological polar surface area (TPSA) is 86.3 Å². The van der Waals surface area contributed by atoms with Crippen LogP contribution in [0, 0.1) is 6.92 Å². The number of ether oxygens (including phenoxy) is 3. The number of halogens is 2. The lowest BCUT2D eigenvalue weighted by atomic mass is 10.1. The molecule has 10 heteroatoms. The van der Waals surface area contributed by atoms with Crippen molar-refractivity contribution in [2.45, 2.75) is 31.1 Å². The largest absolute Gasteiger partial charge is 0.490 e. The lowest BCUT2D eigenvalue weighted by Crippen LogP contribution is -2.07. The highest BCUT2D eigenvalue weighted by atomic mass is 32.2. The maximum absolute atomic E-state index is 12.8. The lowest BCUT2D eigenvalue weighted by Gasteiger charge is -2.12. The summed E-state index contributed by atoms with van der Waals surface area (Å²) in [5, 5.41) is 0.240. The fraction of sp³-hybridized carbons (Fsp3) is 0.333. The van der Waals surface area contributed by atoms with Crippen molar-refractivity contribution < 1.29 is 27.2 Å². The van der Waals surface area contributed by atoms with Crippen LogP contribution in [0.1, 0.15) is 16.8 Å². The Balaban J connectivity index is 1.57. The summed E-state index contributed by atoms with van der Waals surface area (Å²) >= 11 is 0. The van der Waals surface area contributed by atoms with Gasteiger partial charge in [0.1, 0.15) is 18.1 Å². The van der Waals surface area contributed by atoms with Gasteiger partial charge in [-0.3, -0.25) is 9.19 Å². The molecule has 1 N–H and O–H groups in total. The summed E-state index contributed by atoms with van der Waals surface area (Å²) < 4.78 is 53.1. The maximum Gasteiger partial charge on any atom is 0.387 e. The molecular weight excluding hydrogens is 392 g/mol. The molecule has 1 aliphatic rings. The molecule has 0 saturated heterocycles. The Kier molecular flexibility index (Phi) is 5.23. The Labute approximate surface area is 161 Å². The van der Waals surface area contributed by atoms with Crippen LogP contribution in [0.3, 0.4) is 0 Å². The monoisotopic (exact) mass is 409 g/mol. The summed E-state index contributed by atoms with van der Waals surface area (Å²) in [6.07, 6.45) is 1.67. The summed E-state index contributed by atoms with van der Waals surface area (Å²) in [6.45, 7) is 0.345. The molecular formula is C18H17F2N3O4S. The smallest absolute Gasteiger partial charge is 0.387 e. The Bertz CT molecular complexity index is 1040. The van der Waals surface area contributed by atoms with E-state index in [2.05, 4.69) is 19.7 Å². The molecule has 0 bridgehead atoms. The molecule has 4 rings (SSSR count). The number of hydrogen-bond acceptors (Lipinski definition) is 6. The third-order valence-electron chi connectivity index (χ3n) is 4.31. The van der Waals surface area contributed by atoms with Gasteiger partial charge in [-0.15, -0.1) is 0 Å². The first-order valence-corrected chi connectivity index (χ1v) is 9.84. The summed E-state index contributed by atoms with van der Waals surface area (Å²) in [5.41, 5.74) is 3.30. The number of benzene rings is 1. The number of aromatic amines is 1. The highest BCUT2D eigenvalue weighted by Gasteiger charge is 2.19. The van der Waals surface area contributed by atoms with Crippen molar-refractivity contribution >= 4 is 21.8 Å². The van der Waals surface area contributed by atoms with Crippen LogP contribution >= 0.6 is 0 Å². The minimum atomic E-state index is -2.91. The molecule has 0 fully saturated rings. The predicted octanol–water partition coefficient (Wildman–Crippen LogP) is 3.08. The van der Waals surface area contributed by atoms with Crippen molar-refractivity contribution in [1.82, 2.24) is 15.0 Å². The molecule has 1 unspecified atom stereocenters. The molecule has 0 aliphatic carbocycles. The molecule has 28 heavy (non-hydrogen) atoms. The maximum atomic E-state index is 12.8. The fourth-order valence-electron chi connectivity index (χ4n) is 2.96. The zero-order chi connectivity index (χ0) is 19.7. The first-order chi connectivity index (χ1) is 13.5. The molecule has 0 saturated carbocycles. The minimum absolute atomic E-state index is 0.00566. The van der Waals surface area contributed by atoms with Gasteiger partial charge in [0.25, 0.3) is 0 Å². The van der Waals surface area contributed by atoms with Crippen LogP contribution in [-0.4, -0.2) is 39.0 Å². The summed E-state index contributed by atoms with van der Waals surface area (Å²) in [7, 11) is -1.50. The number of rotatable bonds is 5. The van der Waals surface area contributed by atoms with E-state index in [1.165, 1.54) is 18.2 Å². The average Bonchev–Trinajstić information content (AvgIpc) is 2.93. The highest BCUT2D eigenvalue weighted by Crippen LogP contribution is 2.29. The van der Waals surface area contributed by atoms with Crippen molar-refractivity contribution in [1.29, 1.82) is 0 Å². The van der Waals surface area contributed by atoms with Crippen molar-refractivity contribution in [3.05, 3.63) is 41.2 Å². The number of aromatic nitrogens is 3. The van der Waals surface area contributed by atoms with Crippen LogP contribution < -0.4 is 9.47 Å². The van der Waals surface area contributed by atoms with Crippen LogP contribution in [0.25, 0.3) is 11.0 Å². The van der Waals surface area contributed by atoms with Crippen LogP contribution in [0.2, 0.25) is 0 Å². The van der Waals surface area contributed by atoms with E-state index in [4.69, 9.17) is 9.47 Å². The molecule has 0 radical (unpaired) electrons. The number of nitrogens with zero attached hydrogens (tertiary/aromatic N) is 2. The third-order valence-corrected chi connectivity index (χ3v) is 5.47. The second-order valence-electron chi connectivity index (χ2n) is 6.17. The molecule has 7 nitrogen and oxygen atoms in total. The van der Waals surface area contributed by atoms with Gasteiger partial charge in [0.15, 0.2) is 5.16 Å². The van der Waals surface area contributed by atoms with Gasteiger partial charge >= 0.3 is 6.61 Å². The van der Waals surface area contributed by atoms with E-state index >= 15 is 0 Å². The van der Waals surface area contributed by atoms with Crippen molar-refractivity contribution in [2.75, 3.05) is 13.2 Å². The zero-order valence-electron chi connectivity index (χ0n) is 14.9. The average molecular weight is 409 g/mol. The van der Waals surface area contributed by atoms with Gasteiger partial charge in [-0.25, -0.2) is 4.98 Å². The number of hydrogen-bond donors (Lipinski definition) is 1. The highest BCUT2D eigenvalue weighted by molar-refractivity contribution is 7.84. The van der Waals surface area contributed by atoms with Crippen LogP contribution in [0.15, 0.2) is 29.6 Å². The number of imidazole rings is 1. The van der Waals surface area contributed by atoms with Gasteiger partial charge < -0.3 is 19.2 Å². The SMILES string of the molecule is Cc1c(CS(=O)c2nc3ccc(OC(F)F)cc3[nH]2)ncc2c1OCCOC2. The number of fused-ring (bicyclic) bond motifs is 2. The molecule has 1 aromatic carbocycles. The van der Waals surface area contributed by atoms with Crippen LogP contribution in [0.4, 0.5) is 8.78 Å². The van der Waals surface area contributed by atoms with Crippen LogP contribution in [-0.2, 0) is 27.9 Å². The number of pyridine rings is 1. The van der Waals surface area contributed by atoms with Gasteiger partial charge in [-0.2, -0.15) is 8.78 Å². The molecule has 1 atom stereocenters. The van der Waals surface area contributed by atoms with Gasteiger partial charge in [0.2, 0.25) is 0 Å². The van der Waals surface area contributed by atoms with E-state index in [0.29, 0.717) is 36.5 Å². The first-order valence-electron chi connectivity index (χ1n) is 8.52.